The number of aromatic nitrogens is 2. The van der Waals surface area contributed by atoms with Crippen molar-refractivity contribution in [1.29, 1.82) is 0 Å². The van der Waals surface area contributed by atoms with Crippen molar-refractivity contribution in [2.75, 3.05) is 0 Å². The van der Waals surface area contributed by atoms with Gasteiger partial charge in [-0.2, -0.15) is 0 Å². The zero-order valence-corrected chi connectivity index (χ0v) is 7.94. The molecule has 0 atom stereocenters. The lowest BCUT2D eigenvalue weighted by Gasteiger charge is -1.95. The minimum atomic E-state index is 1.20. The van der Waals surface area contributed by atoms with E-state index in [0.717, 1.165) is 0 Å². The van der Waals surface area contributed by atoms with Gasteiger partial charge in [0.1, 0.15) is 18.1 Å². The summed E-state index contributed by atoms with van der Waals surface area (Å²) in [5, 5.41) is 0. The first kappa shape index (κ1) is 8.05. The highest BCUT2D eigenvalue weighted by Gasteiger charge is 2.01. The summed E-state index contributed by atoms with van der Waals surface area (Å²) < 4.78 is 4.12. The van der Waals surface area contributed by atoms with Crippen molar-refractivity contribution < 1.29 is 4.57 Å². The molecular weight excluding hydrogens is 160 g/mol. The summed E-state index contributed by atoms with van der Waals surface area (Å²) in [6, 6.07) is 8.48. The number of imidazole rings is 1. The highest BCUT2D eigenvalue weighted by atomic mass is 15.1. The first-order valence-corrected chi connectivity index (χ1v) is 4.36. The molecule has 1 aromatic carbocycles. The third kappa shape index (κ3) is 1.61. The van der Waals surface area contributed by atoms with Crippen molar-refractivity contribution in [3.05, 3.63) is 48.5 Å². The van der Waals surface area contributed by atoms with Crippen LogP contribution in [0.5, 0.6) is 0 Å². The average Bonchev–Trinajstić information content (AvgIpc) is 2.53. The number of rotatable bonds is 1. The highest BCUT2D eigenvalue weighted by molar-refractivity contribution is 5.33. The van der Waals surface area contributed by atoms with Crippen LogP contribution in [-0.4, -0.2) is 4.57 Å². The molecule has 0 aliphatic heterocycles. The van der Waals surface area contributed by atoms with Crippen molar-refractivity contribution in [2.24, 2.45) is 7.05 Å². The van der Waals surface area contributed by atoms with Gasteiger partial charge in [0.25, 0.3) is 0 Å². The topological polar surface area (TPSA) is 8.81 Å². The molecule has 0 fully saturated rings. The number of nitrogens with zero attached hydrogens (tertiary/aromatic N) is 2. The van der Waals surface area contributed by atoms with Crippen molar-refractivity contribution in [2.45, 2.75) is 6.92 Å². The van der Waals surface area contributed by atoms with Gasteiger partial charge >= 0.3 is 0 Å². The molecule has 1 heterocycles. The van der Waals surface area contributed by atoms with E-state index in [1.165, 1.54) is 11.3 Å². The molecule has 13 heavy (non-hydrogen) atoms. The predicted octanol–water partition coefficient (Wildman–Crippen LogP) is 1.61. The summed E-state index contributed by atoms with van der Waals surface area (Å²) in [6.07, 6.45) is 6.12. The zero-order valence-electron chi connectivity index (χ0n) is 7.94. The van der Waals surface area contributed by atoms with Crippen molar-refractivity contribution in [3.63, 3.8) is 0 Å². The molecule has 2 rings (SSSR count). The van der Waals surface area contributed by atoms with Gasteiger partial charge in [-0.3, -0.25) is 0 Å². The lowest BCUT2D eigenvalue weighted by atomic mass is 10.2. The molecule has 2 aromatic rings. The van der Waals surface area contributed by atoms with E-state index in [1.807, 2.05) is 30.3 Å². The largest absolute Gasteiger partial charge is 0.248 e. The molecule has 1 aromatic heterocycles. The Kier molecular flexibility index (Phi) is 1.89. The van der Waals surface area contributed by atoms with E-state index in [0.29, 0.717) is 0 Å². The fourth-order valence-corrected chi connectivity index (χ4v) is 1.32. The van der Waals surface area contributed by atoms with Gasteiger partial charge in [-0.25, -0.2) is 9.13 Å². The monoisotopic (exact) mass is 173 g/mol. The molecule has 0 saturated heterocycles. The Labute approximate surface area is 78.1 Å². The second-order valence-electron chi connectivity index (χ2n) is 3.32. The lowest BCUT2D eigenvalue weighted by molar-refractivity contribution is -0.670. The Morgan fingerprint density at radius 1 is 1.15 bits per heavy atom. The van der Waals surface area contributed by atoms with Gasteiger partial charge in [-0.1, -0.05) is 17.7 Å². The maximum Gasteiger partial charge on any atom is 0.248 e. The van der Waals surface area contributed by atoms with Crippen molar-refractivity contribution >= 4 is 0 Å². The number of aryl methyl sites for hydroxylation is 2. The maximum absolute atomic E-state index is 2.12. The molecule has 0 aliphatic carbocycles. The SMILES string of the molecule is Cc1ccc(-n2cc[n+](C)c2)cc1. The molecule has 0 aliphatic rings. The Bertz CT molecular complexity index is 398. The molecule has 0 amide bonds. The van der Waals surface area contributed by atoms with E-state index < -0.39 is 0 Å². The van der Waals surface area contributed by atoms with Crippen molar-refractivity contribution in [1.82, 2.24) is 4.57 Å². The highest BCUT2D eigenvalue weighted by Crippen LogP contribution is 2.07. The Balaban J connectivity index is 2.41. The van der Waals surface area contributed by atoms with Gasteiger partial charge in [0.15, 0.2) is 0 Å². The summed E-state index contributed by atoms with van der Waals surface area (Å²) >= 11 is 0. The fraction of sp³-hybridized carbons (Fsp3) is 0.182. The Morgan fingerprint density at radius 3 is 2.38 bits per heavy atom. The average molecular weight is 173 g/mol. The van der Waals surface area contributed by atoms with Gasteiger partial charge in [0, 0.05) is 0 Å². The van der Waals surface area contributed by atoms with Gasteiger partial charge in [0.2, 0.25) is 6.33 Å². The Morgan fingerprint density at radius 2 is 1.85 bits per heavy atom. The smallest absolute Gasteiger partial charge is 0.239 e. The molecule has 0 unspecified atom stereocenters. The van der Waals surface area contributed by atoms with E-state index in [9.17, 15) is 0 Å². The molecule has 2 heteroatoms. The predicted molar refractivity (Wildman–Crippen MR) is 51.7 cm³/mol. The van der Waals surface area contributed by atoms with Crippen LogP contribution < -0.4 is 4.57 Å². The van der Waals surface area contributed by atoms with Gasteiger partial charge in [0.05, 0.1) is 7.05 Å². The van der Waals surface area contributed by atoms with Crippen LogP contribution in [0.25, 0.3) is 5.69 Å². The van der Waals surface area contributed by atoms with Crippen LogP contribution >= 0.6 is 0 Å². The summed E-state index contributed by atoms with van der Waals surface area (Å²) in [7, 11) is 2.02. The van der Waals surface area contributed by atoms with E-state index in [2.05, 4.69) is 35.8 Å². The third-order valence-corrected chi connectivity index (χ3v) is 2.10. The normalized spacial score (nSPS) is 10.3. The molecule has 0 spiro atoms. The molecule has 66 valence electrons. The van der Waals surface area contributed by atoms with Crippen molar-refractivity contribution in [3.8, 4) is 5.69 Å². The van der Waals surface area contributed by atoms with E-state index in [-0.39, 0.29) is 0 Å². The standard InChI is InChI=1S/C11H13N2/c1-10-3-5-11(6-4-10)13-8-7-12(2)9-13/h3-9H,1-2H3/q+1. The minimum Gasteiger partial charge on any atom is -0.239 e. The summed E-state index contributed by atoms with van der Waals surface area (Å²) in [5.74, 6) is 0. The van der Waals surface area contributed by atoms with Gasteiger partial charge in [-0.05, 0) is 19.1 Å². The summed E-state index contributed by atoms with van der Waals surface area (Å²) in [4.78, 5) is 0. The summed E-state index contributed by atoms with van der Waals surface area (Å²) in [5.41, 5.74) is 2.49. The van der Waals surface area contributed by atoms with Crippen LogP contribution in [-0.2, 0) is 7.05 Å². The van der Waals surface area contributed by atoms with Crippen LogP contribution in [0.3, 0.4) is 0 Å². The lowest BCUT2D eigenvalue weighted by Crippen LogP contribution is -2.23. The molecule has 0 N–H and O–H groups in total. The first-order chi connectivity index (χ1) is 6.25. The molecule has 0 radical (unpaired) electrons. The number of hydrogen-bond donors (Lipinski definition) is 0. The van der Waals surface area contributed by atoms with Crippen LogP contribution in [0.1, 0.15) is 5.56 Å². The van der Waals surface area contributed by atoms with Crippen LogP contribution in [0.4, 0.5) is 0 Å². The van der Waals surface area contributed by atoms with Crippen LogP contribution in [0.15, 0.2) is 43.0 Å². The number of hydrogen-bond acceptors (Lipinski definition) is 0. The Hall–Kier alpha value is -1.57. The molecule has 0 bridgehead atoms. The van der Waals surface area contributed by atoms with Gasteiger partial charge < -0.3 is 0 Å². The third-order valence-electron chi connectivity index (χ3n) is 2.10. The second kappa shape index (κ2) is 3.05. The molecule has 2 nitrogen and oxygen atoms in total. The van der Waals surface area contributed by atoms with Gasteiger partial charge in [-0.15, -0.1) is 0 Å². The zero-order chi connectivity index (χ0) is 9.26. The molecule has 0 saturated carbocycles. The van der Waals surface area contributed by atoms with Crippen LogP contribution in [0, 0.1) is 6.92 Å². The van der Waals surface area contributed by atoms with E-state index in [1.54, 1.807) is 0 Å². The summed E-state index contributed by atoms with van der Waals surface area (Å²) in [6.45, 7) is 2.10. The maximum atomic E-state index is 2.12. The second-order valence-corrected chi connectivity index (χ2v) is 3.32. The quantitative estimate of drug-likeness (QED) is 0.579. The van der Waals surface area contributed by atoms with E-state index >= 15 is 0 Å². The number of benzene rings is 1. The minimum absolute atomic E-state index is 1.20. The van der Waals surface area contributed by atoms with Crippen LogP contribution in [0.2, 0.25) is 0 Å². The van der Waals surface area contributed by atoms with E-state index in [4.69, 9.17) is 0 Å². The fourth-order valence-electron chi connectivity index (χ4n) is 1.32. The molecular formula is C11H13N2+. The first-order valence-electron chi connectivity index (χ1n) is 4.36.